The van der Waals surface area contributed by atoms with Gasteiger partial charge in [0, 0.05) is 6.54 Å². The van der Waals surface area contributed by atoms with Crippen molar-refractivity contribution >= 4 is 25.0 Å². The lowest BCUT2D eigenvalue weighted by molar-refractivity contribution is -0.140. The van der Waals surface area contributed by atoms with Gasteiger partial charge in [0.1, 0.15) is 5.75 Å². The van der Waals surface area contributed by atoms with Crippen LogP contribution in [0.2, 0.25) is 6.32 Å². The molecule has 7 heteroatoms. The van der Waals surface area contributed by atoms with E-state index < -0.39 is 7.12 Å². The predicted octanol–water partition coefficient (Wildman–Crippen LogP) is 4.19. The Morgan fingerprint density at radius 1 is 1.18 bits per heavy atom. The van der Waals surface area contributed by atoms with Crippen LogP contribution in [0.4, 0.5) is 0 Å². The van der Waals surface area contributed by atoms with Crippen molar-refractivity contribution in [2.45, 2.75) is 65.3 Å². The highest BCUT2D eigenvalue weighted by Crippen LogP contribution is 2.51. The SMILES string of the molecule is CCCN1C(=O)[C@@H]2[C@@H](CC(CC)=C3[C@@H](CC/C(C)=C/c4ccc(O)cc4)OB(O)C[C@@H]32)C1=O. The van der Waals surface area contributed by atoms with Crippen molar-refractivity contribution < 1.29 is 24.4 Å². The van der Waals surface area contributed by atoms with Crippen molar-refractivity contribution in [3.05, 3.63) is 46.5 Å². The maximum Gasteiger partial charge on any atom is 0.455 e. The smallest absolute Gasteiger partial charge is 0.455 e. The topological polar surface area (TPSA) is 87.1 Å². The maximum absolute atomic E-state index is 13.2. The van der Waals surface area contributed by atoms with Gasteiger partial charge in [-0.15, -0.1) is 0 Å². The molecule has 1 aromatic rings. The Labute approximate surface area is 196 Å². The summed E-state index contributed by atoms with van der Waals surface area (Å²) in [5.74, 6) is -0.665. The molecular weight excluding hydrogens is 417 g/mol. The Morgan fingerprint density at radius 3 is 2.58 bits per heavy atom. The van der Waals surface area contributed by atoms with Crippen molar-refractivity contribution in [2.24, 2.45) is 17.8 Å². The zero-order valence-corrected chi connectivity index (χ0v) is 19.8. The maximum atomic E-state index is 13.2. The van der Waals surface area contributed by atoms with E-state index in [9.17, 15) is 19.7 Å². The Kier molecular flexibility index (Phi) is 7.10. The van der Waals surface area contributed by atoms with E-state index in [0.717, 1.165) is 30.4 Å². The number of carbonyl (C=O) groups is 2. The number of phenolic OH excluding ortho intramolecular Hbond substituents is 1. The molecule has 4 rings (SSSR count). The lowest BCUT2D eigenvalue weighted by Crippen LogP contribution is -2.46. The Bertz CT molecular complexity index is 969. The van der Waals surface area contributed by atoms with Gasteiger partial charge in [-0.1, -0.05) is 43.2 Å². The number of nitrogens with zero attached hydrogens (tertiary/aromatic N) is 1. The standard InChI is InChI=1S/C26H34BNO5/c1-4-12-28-25(30)20-14-18(5-2)23-21(24(20)26(28)31)15-27(32)33-22(23)11-6-16(3)13-17-7-9-19(29)10-8-17/h7-10,13,20-22,24,29,32H,4-6,11-12,14-15H2,1-3H3/b16-13+/t20-,21+,22-,24-/m1/s1. The molecule has 2 saturated heterocycles. The van der Waals surface area contributed by atoms with Crippen LogP contribution in [0.1, 0.15) is 58.4 Å². The van der Waals surface area contributed by atoms with Gasteiger partial charge in [-0.3, -0.25) is 14.5 Å². The third kappa shape index (κ3) is 4.66. The largest absolute Gasteiger partial charge is 0.508 e. The molecule has 4 atom stereocenters. The molecule has 0 saturated carbocycles. The summed E-state index contributed by atoms with van der Waals surface area (Å²) in [4.78, 5) is 27.7. The van der Waals surface area contributed by atoms with Gasteiger partial charge < -0.3 is 14.8 Å². The summed E-state index contributed by atoms with van der Waals surface area (Å²) >= 11 is 0. The van der Waals surface area contributed by atoms with Gasteiger partial charge in [0.2, 0.25) is 11.8 Å². The summed E-state index contributed by atoms with van der Waals surface area (Å²) in [6.07, 6.45) is 5.91. The average molecular weight is 451 g/mol. The van der Waals surface area contributed by atoms with Gasteiger partial charge >= 0.3 is 7.12 Å². The first kappa shape index (κ1) is 23.8. The van der Waals surface area contributed by atoms with E-state index >= 15 is 0 Å². The van der Waals surface area contributed by atoms with Gasteiger partial charge in [-0.2, -0.15) is 0 Å². The number of amides is 2. The predicted molar refractivity (Wildman–Crippen MR) is 128 cm³/mol. The molecule has 2 N–H and O–H groups in total. The molecule has 2 amide bonds. The van der Waals surface area contributed by atoms with Gasteiger partial charge in [0.05, 0.1) is 17.9 Å². The zero-order valence-electron chi connectivity index (χ0n) is 19.8. The summed E-state index contributed by atoms with van der Waals surface area (Å²) in [7, 11) is -0.926. The monoisotopic (exact) mass is 451 g/mol. The number of fused-ring (bicyclic) bond motifs is 3. The van der Waals surface area contributed by atoms with E-state index in [4.69, 9.17) is 4.65 Å². The van der Waals surface area contributed by atoms with Crippen molar-refractivity contribution in [3.63, 3.8) is 0 Å². The molecule has 2 heterocycles. The van der Waals surface area contributed by atoms with E-state index in [2.05, 4.69) is 19.9 Å². The molecule has 6 nitrogen and oxygen atoms in total. The minimum Gasteiger partial charge on any atom is -0.508 e. The first-order valence-electron chi connectivity index (χ1n) is 12.2. The number of carbonyl (C=O) groups excluding carboxylic acids is 2. The van der Waals surface area contributed by atoms with E-state index in [1.807, 2.05) is 19.1 Å². The normalized spacial score (nSPS) is 27.8. The lowest BCUT2D eigenvalue weighted by atomic mass is 9.58. The fourth-order valence-corrected chi connectivity index (χ4v) is 5.90. The van der Waals surface area contributed by atoms with Gasteiger partial charge in [-0.05, 0) is 74.5 Å². The van der Waals surface area contributed by atoms with Crippen LogP contribution in [0.3, 0.4) is 0 Å². The number of allylic oxidation sites excluding steroid dienone is 2. The third-order valence-electron chi connectivity index (χ3n) is 7.38. The highest BCUT2D eigenvalue weighted by molar-refractivity contribution is 6.43. The van der Waals surface area contributed by atoms with Crippen molar-refractivity contribution in [3.8, 4) is 5.75 Å². The molecule has 1 aliphatic carbocycles. The minimum absolute atomic E-state index is 0.0398. The fraction of sp³-hybridized carbons (Fsp3) is 0.538. The molecule has 0 radical (unpaired) electrons. The third-order valence-corrected chi connectivity index (χ3v) is 7.38. The highest BCUT2D eigenvalue weighted by Gasteiger charge is 2.56. The van der Waals surface area contributed by atoms with Crippen LogP contribution in [0, 0.1) is 17.8 Å². The number of benzene rings is 1. The number of phenols is 1. The first-order chi connectivity index (χ1) is 15.8. The first-order valence-corrected chi connectivity index (χ1v) is 12.2. The molecule has 2 fully saturated rings. The van der Waals surface area contributed by atoms with Crippen LogP contribution in [-0.2, 0) is 14.2 Å². The molecule has 3 aliphatic rings. The molecule has 0 spiro atoms. The quantitative estimate of drug-likeness (QED) is 0.369. The summed E-state index contributed by atoms with van der Waals surface area (Å²) in [5.41, 5.74) is 4.57. The number of imide groups is 1. The number of rotatable bonds is 7. The van der Waals surface area contributed by atoms with Crippen LogP contribution in [0.5, 0.6) is 5.75 Å². The van der Waals surface area contributed by atoms with Crippen LogP contribution < -0.4 is 0 Å². The Hall–Kier alpha value is -2.38. The van der Waals surface area contributed by atoms with Crippen LogP contribution in [0.25, 0.3) is 6.08 Å². The summed E-state index contributed by atoms with van der Waals surface area (Å²) in [5, 5.41) is 20.0. The zero-order chi connectivity index (χ0) is 23.7. The second-order valence-electron chi connectivity index (χ2n) is 9.62. The van der Waals surface area contributed by atoms with E-state index in [1.54, 1.807) is 12.1 Å². The minimum atomic E-state index is -0.926. The van der Waals surface area contributed by atoms with Gasteiger partial charge in [0.25, 0.3) is 0 Å². The molecule has 1 aromatic carbocycles. The van der Waals surface area contributed by atoms with Crippen LogP contribution in [0.15, 0.2) is 41.0 Å². The molecule has 33 heavy (non-hydrogen) atoms. The molecule has 0 bridgehead atoms. The highest BCUT2D eigenvalue weighted by atomic mass is 16.5. The summed E-state index contributed by atoms with van der Waals surface area (Å²) < 4.78 is 6.02. The van der Waals surface area contributed by atoms with Gasteiger partial charge in [-0.25, -0.2) is 0 Å². The van der Waals surface area contributed by atoms with Crippen LogP contribution in [-0.4, -0.2) is 46.6 Å². The molecule has 0 aromatic heterocycles. The second-order valence-corrected chi connectivity index (χ2v) is 9.62. The summed E-state index contributed by atoms with van der Waals surface area (Å²) in [6.45, 7) is 6.62. The Morgan fingerprint density at radius 2 is 1.91 bits per heavy atom. The molecule has 2 aliphatic heterocycles. The van der Waals surface area contributed by atoms with Crippen molar-refractivity contribution in [2.75, 3.05) is 6.54 Å². The number of hydrogen-bond acceptors (Lipinski definition) is 5. The van der Waals surface area contributed by atoms with E-state index in [-0.39, 0.29) is 41.4 Å². The Balaban J connectivity index is 1.56. The summed E-state index contributed by atoms with van der Waals surface area (Å²) in [6, 6.07) is 7.09. The van der Waals surface area contributed by atoms with Gasteiger partial charge in [0.15, 0.2) is 0 Å². The average Bonchev–Trinajstić information content (AvgIpc) is 3.03. The van der Waals surface area contributed by atoms with E-state index in [1.165, 1.54) is 16.0 Å². The number of hydrogen-bond donors (Lipinski definition) is 2. The van der Waals surface area contributed by atoms with Crippen molar-refractivity contribution in [1.29, 1.82) is 0 Å². The van der Waals surface area contributed by atoms with Crippen LogP contribution >= 0.6 is 0 Å². The lowest BCUT2D eigenvalue weighted by Gasteiger charge is -2.43. The fourth-order valence-electron chi connectivity index (χ4n) is 5.90. The number of likely N-dealkylation sites (tertiary alicyclic amines) is 1. The second kappa shape index (κ2) is 9.86. The van der Waals surface area contributed by atoms with E-state index in [0.29, 0.717) is 25.7 Å². The van der Waals surface area contributed by atoms with Crippen molar-refractivity contribution in [1.82, 2.24) is 4.90 Å². The molecule has 176 valence electrons. The molecule has 0 unspecified atom stereocenters. The number of aromatic hydroxyl groups is 1. The molecular formula is C26H34BNO5.